The van der Waals surface area contributed by atoms with Gasteiger partial charge in [0, 0.05) is 11.3 Å². The summed E-state index contributed by atoms with van der Waals surface area (Å²) in [5.41, 5.74) is 3.63. The monoisotopic (exact) mass is 459 g/mol. The number of carbonyl (C=O) groups is 2. The second kappa shape index (κ2) is 8.86. The third kappa shape index (κ3) is 3.89. The summed E-state index contributed by atoms with van der Waals surface area (Å²) >= 11 is 0. The molecule has 2 aromatic carbocycles. The van der Waals surface area contributed by atoms with Crippen molar-refractivity contribution < 1.29 is 23.8 Å². The van der Waals surface area contributed by atoms with Gasteiger partial charge in [0.1, 0.15) is 29.1 Å². The number of hydrogen-bond acceptors (Lipinski definition) is 5. The number of benzene rings is 2. The van der Waals surface area contributed by atoms with Crippen LogP contribution in [0, 0.1) is 20.8 Å². The summed E-state index contributed by atoms with van der Waals surface area (Å²) in [5.74, 6) is 0.209. The van der Waals surface area contributed by atoms with E-state index in [4.69, 9.17) is 9.15 Å². The van der Waals surface area contributed by atoms with Gasteiger partial charge in [-0.05, 0) is 79.8 Å². The molecule has 1 fully saturated rings. The molecule has 0 radical (unpaired) electrons. The molecule has 1 unspecified atom stereocenters. The first-order chi connectivity index (χ1) is 16.1. The number of methoxy groups -OCH3 is 1. The fourth-order valence-corrected chi connectivity index (χ4v) is 4.47. The van der Waals surface area contributed by atoms with Crippen molar-refractivity contribution in [2.45, 2.75) is 46.6 Å². The molecule has 0 spiro atoms. The molecule has 1 aliphatic heterocycles. The Morgan fingerprint density at radius 1 is 1.06 bits per heavy atom. The fraction of sp³-hybridized carbons (Fsp3) is 0.286. The van der Waals surface area contributed by atoms with E-state index in [-0.39, 0.29) is 17.3 Å². The molecule has 1 aromatic heterocycles. The Kier molecular flexibility index (Phi) is 6.09. The molecule has 0 aliphatic carbocycles. The van der Waals surface area contributed by atoms with Gasteiger partial charge in [0.25, 0.3) is 11.7 Å². The van der Waals surface area contributed by atoms with Gasteiger partial charge in [0.2, 0.25) is 0 Å². The van der Waals surface area contributed by atoms with Crippen LogP contribution in [0.1, 0.15) is 59.6 Å². The van der Waals surface area contributed by atoms with Gasteiger partial charge in [-0.2, -0.15) is 0 Å². The number of ketones is 1. The average Bonchev–Trinajstić information content (AvgIpc) is 3.33. The molecule has 1 atom stereocenters. The van der Waals surface area contributed by atoms with E-state index < -0.39 is 17.7 Å². The summed E-state index contributed by atoms with van der Waals surface area (Å²) in [7, 11) is 1.60. The Bertz CT molecular complexity index is 1310. The average molecular weight is 460 g/mol. The second-order valence-corrected chi connectivity index (χ2v) is 9.02. The second-order valence-electron chi connectivity index (χ2n) is 9.02. The van der Waals surface area contributed by atoms with Gasteiger partial charge in [0.05, 0.1) is 12.7 Å². The topological polar surface area (TPSA) is 80.0 Å². The minimum absolute atomic E-state index is 0.00355. The predicted molar refractivity (Wildman–Crippen MR) is 131 cm³/mol. The third-order valence-electron chi connectivity index (χ3n) is 6.21. The zero-order chi connectivity index (χ0) is 24.7. The summed E-state index contributed by atoms with van der Waals surface area (Å²) in [5, 5.41) is 11.5. The Morgan fingerprint density at radius 2 is 1.79 bits per heavy atom. The highest BCUT2D eigenvalue weighted by Gasteiger charge is 2.48. The van der Waals surface area contributed by atoms with Gasteiger partial charge in [-0.15, -0.1) is 0 Å². The van der Waals surface area contributed by atoms with Crippen molar-refractivity contribution in [1.29, 1.82) is 0 Å². The maximum atomic E-state index is 13.4. The first kappa shape index (κ1) is 23.4. The third-order valence-corrected chi connectivity index (χ3v) is 6.21. The Balaban J connectivity index is 1.98. The van der Waals surface area contributed by atoms with Crippen LogP contribution in [-0.4, -0.2) is 23.9 Å². The van der Waals surface area contributed by atoms with Gasteiger partial charge >= 0.3 is 0 Å². The van der Waals surface area contributed by atoms with Crippen molar-refractivity contribution in [3.8, 4) is 5.75 Å². The lowest BCUT2D eigenvalue weighted by atomic mass is 9.92. The van der Waals surface area contributed by atoms with Crippen LogP contribution in [0.2, 0.25) is 0 Å². The summed E-state index contributed by atoms with van der Waals surface area (Å²) in [6, 6.07) is 13.7. The lowest BCUT2D eigenvalue weighted by Crippen LogP contribution is -2.29. The van der Waals surface area contributed by atoms with Crippen molar-refractivity contribution in [3.63, 3.8) is 0 Å². The molecule has 1 saturated heterocycles. The first-order valence-electron chi connectivity index (χ1n) is 11.3. The smallest absolute Gasteiger partial charge is 0.300 e. The van der Waals surface area contributed by atoms with E-state index in [1.807, 2.05) is 58.0 Å². The van der Waals surface area contributed by atoms with Crippen LogP contribution in [0.4, 0.5) is 5.69 Å². The SMILES string of the molecule is COc1cc(C)c(/C(O)=C2\C(=O)C(=O)N(c3cccc(C)c3)C2c2ccc(C)o2)cc1C(C)C. The molecule has 1 amide bonds. The summed E-state index contributed by atoms with van der Waals surface area (Å²) < 4.78 is 11.4. The maximum Gasteiger partial charge on any atom is 0.300 e. The van der Waals surface area contributed by atoms with Crippen molar-refractivity contribution in [3.05, 3.63) is 87.9 Å². The normalized spacial score (nSPS) is 17.6. The number of aliphatic hydroxyl groups is 1. The predicted octanol–water partition coefficient (Wildman–Crippen LogP) is 5.96. The van der Waals surface area contributed by atoms with Crippen LogP contribution in [0.25, 0.3) is 5.76 Å². The minimum Gasteiger partial charge on any atom is -0.507 e. The molecular formula is C28H29NO5. The van der Waals surface area contributed by atoms with Gasteiger partial charge < -0.3 is 14.3 Å². The van der Waals surface area contributed by atoms with Crippen LogP contribution in [0.15, 0.2) is 58.5 Å². The van der Waals surface area contributed by atoms with E-state index in [0.717, 1.165) is 16.7 Å². The molecular weight excluding hydrogens is 430 g/mol. The van der Waals surface area contributed by atoms with Gasteiger partial charge in [-0.25, -0.2) is 0 Å². The zero-order valence-corrected chi connectivity index (χ0v) is 20.3. The van der Waals surface area contributed by atoms with Crippen LogP contribution in [-0.2, 0) is 9.59 Å². The van der Waals surface area contributed by atoms with E-state index >= 15 is 0 Å². The number of furan rings is 1. The van der Waals surface area contributed by atoms with Gasteiger partial charge in [0.15, 0.2) is 0 Å². The number of ether oxygens (including phenoxy) is 1. The van der Waals surface area contributed by atoms with Crippen molar-refractivity contribution in [2.75, 3.05) is 12.0 Å². The Hall–Kier alpha value is -3.80. The van der Waals surface area contributed by atoms with Crippen LogP contribution >= 0.6 is 0 Å². The van der Waals surface area contributed by atoms with Crippen molar-refractivity contribution in [2.24, 2.45) is 0 Å². The van der Waals surface area contributed by atoms with Crippen LogP contribution < -0.4 is 9.64 Å². The summed E-state index contributed by atoms with van der Waals surface area (Å²) in [4.78, 5) is 28.0. The zero-order valence-electron chi connectivity index (χ0n) is 20.3. The summed E-state index contributed by atoms with van der Waals surface area (Å²) in [6.07, 6.45) is 0. The number of anilines is 1. The molecule has 3 aromatic rings. The Morgan fingerprint density at radius 3 is 2.38 bits per heavy atom. The highest BCUT2D eigenvalue weighted by atomic mass is 16.5. The number of hydrogen-bond donors (Lipinski definition) is 1. The number of amides is 1. The largest absolute Gasteiger partial charge is 0.507 e. The van der Waals surface area contributed by atoms with E-state index in [1.165, 1.54) is 4.90 Å². The molecule has 4 rings (SSSR count). The number of aryl methyl sites for hydroxylation is 3. The lowest BCUT2D eigenvalue weighted by molar-refractivity contribution is -0.132. The van der Waals surface area contributed by atoms with Gasteiger partial charge in [-0.3, -0.25) is 14.5 Å². The van der Waals surface area contributed by atoms with Crippen molar-refractivity contribution >= 4 is 23.1 Å². The number of nitrogens with zero attached hydrogens (tertiary/aromatic N) is 1. The molecule has 6 nitrogen and oxygen atoms in total. The van der Waals surface area contributed by atoms with Crippen LogP contribution in [0.5, 0.6) is 5.75 Å². The van der Waals surface area contributed by atoms with E-state index in [0.29, 0.717) is 28.5 Å². The highest BCUT2D eigenvalue weighted by Crippen LogP contribution is 2.44. The lowest BCUT2D eigenvalue weighted by Gasteiger charge is -2.24. The van der Waals surface area contributed by atoms with Crippen molar-refractivity contribution in [1.82, 2.24) is 0 Å². The fourth-order valence-electron chi connectivity index (χ4n) is 4.47. The maximum absolute atomic E-state index is 13.4. The van der Waals surface area contributed by atoms with Crippen LogP contribution in [0.3, 0.4) is 0 Å². The molecule has 1 aliphatic rings. The number of rotatable bonds is 5. The standard InChI is InChI=1S/C28H29NO5/c1-15(2)20-14-21(17(4)13-23(20)33-6)26(30)24-25(22-11-10-18(5)34-22)29(28(32)27(24)31)19-9-7-8-16(3)12-19/h7-15,25,30H,1-6H3/b26-24+. The molecule has 0 saturated carbocycles. The number of Topliss-reactive ketones (excluding diaryl/α,β-unsaturated/α-hetero) is 1. The summed E-state index contributed by atoms with van der Waals surface area (Å²) in [6.45, 7) is 9.61. The van der Waals surface area contributed by atoms with E-state index in [1.54, 1.807) is 32.2 Å². The van der Waals surface area contributed by atoms with E-state index in [9.17, 15) is 14.7 Å². The molecule has 6 heteroatoms. The number of carbonyl (C=O) groups excluding carboxylic acids is 2. The Labute approximate surface area is 199 Å². The molecule has 1 N–H and O–H groups in total. The highest BCUT2D eigenvalue weighted by molar-refractivity contribution is 6.51. The molecule has 34 heavy (non-hydrogen) atoms. The number of aliphatic hydroxyl groups excluding tert-OH is 1. The first-order valence-corrected chi connectivity index (χ1v) is 11.3. The molecule has 0 bridgehead atoms. The quantitative estimate of drug-likeness (QED) is 0.289. The molecule has 176 valence electrons. The minimum atomic E-state index is -0.889. The molecule has 2 heterocycles. The van der Waals surface area contributed by atoms with Gasteiger partial charge in [-0.1, -0.05) is 26.0 Å². The van der Waals surface area contributed by atoms with E-state index in [2.05, 4.69) is 0 Å².